The number of carbonyl (C=O) groups is 2. The lowest BCUT2D eigenvalue weighted by Gasteiger charge is -2.32. The average molecular weight is 301 g/mol. The van der Waals surface area contributed by atoms with Crippen LogP contribution in [0.25, 0.3) is 0 Å². The molecule has 0 bridgehead atoms. The molecule has 1 N–H and O–H groups in total. The Morgan fingerprint density at radius 1 is 1.14 bits per heavy atom. The smallest absolute Gasteiger partial charge is 0.309 e. The quantitative estimate of drug-likeness (QED) is 0.928. The van der Waals surface area contributed by atoms with E-state index in [1.807, 2.05) is 35.2 Å². The Kier molecular flexibility index (Phi) is 4.46. The first-order valence-corrected chi connectivity index (χ1v) is 8.24. The maximum atomic E-state index is 12.4. The molecule has 4 heteroatoms. The minimum absolute atomic E-state index is 0.00757. The van der Waals surface area contributed by atoms with E-state index in [1.165, 1.54) is 19.3 Å². The van der Waals surface area contributed by atoms with Crippen LogP contribution in [0, 0.1) is 11.8 Å². The number of aliphatic carboxylic acids is 1. The SMILES string of the molecule is O=C(O)[C@H]1CC(=O)N(CC2CCCCC2)[C@H]1c1ccccc1. The van der Waals surface area contributed by atoms with E-state index in [1.54, 1.807) is 0 Å². The number of carbonyl (C=O) groups excluding carboxylic acids is 1. The topological polar surface area (TPSA) is 57.6 Å². The summed E-state index contributed by atoms with van der Waals surface area (Å²) in [5.41, 5.74) is 0.941. The molecule has 1 saturated carbocycles. The summed E-state index contributed by atoms with van der Waals surface area (Å²) < 4.78 is 0. The second-order valence-corrected chi connectivity index (χ2v) is 6.55. The maximum absolute atomic E-state index is 12.4. The summed E-state index contributed by atoms with van der Waals surface area (Å²) in [6, 6.07) is 9.31. The highest BCUT2D eigenvalue weighted by Gasteiger charge is 2.45. The molecule has 0 radical (unpaired) electrons. The molecular formula is C18H23NO3. The minimum atomic E-state index is -0.867. The summed E-state index contributed by atoms with van der Waals surface area (Å²) in [4.78, 5) is 25.8. The van der Waals surface area contributed by atoms with E-state index < -0.39 is 11.9 Å². The Morgan fingerprint density at radius 3 is 2.45 bits per heavy atom. The van der Waals surface area contributed by atoms with E-state index in [9.17, 15) is 14.7 Å². The lowest BCUT2D eigenvalue weighted by atomic mass is 9.88. The molecule has 0 spiro atoms. The van der Waals surface area contributed by atoms with E-state index in [2.05, 4.69) is 0 Å². The summed E-state index contributed by atoms with van der Waals surface area (Å²) in [6.45, 7) is 0.710. The van der Waals surface area contributed by atoms with Crippen molar-refractivity contribution < 1.29 is 14.7 Å². The van der Waals surface area contributed by atoms with E-state index in [0.29, 0.717) is 12.5 Å². The molecule has 118 valence electrons. The van der Waals surface area contributed by atoms with Crippen LogP contribution in [0.1, 0.15) is 50.1 Å². The molecule has 0 aromatic heterocycles. The summed E-state index contributed by atoms with van der Waals surface area (Å²) in [5, 5.41) is 9.51. The summed E-state index contributed by atoms with van der Waals surface area (Å²) >= 11 is 0. The molecule has 1 aliphatic carbocycles. The predicted octanol–water partition coefficient (Wildman–Crippen LogP) is 3.24. The van der Waals surface area contributed by atoms with Gasteiger partial charge >= 0.3 is 5.97 Å². The Morgan fingerprint density at radius 2 is 1.82 bits per heavy atom. The molecule has 4 nitrogen and oxygen atoms in total. The van der Waals surface area contributed by atoms with Crippen molar-refractivity contribution in [1.82, 2.24) is 4.90 Å². The van der Waals surface area contributed by atoms with Gasteiger partial charge in [-0.15, -0.1) is 0 Å². The number of amides is 1. The molecule has 2 aliphatic rings. The molecule has 2 fully saturated rings. The van der Waals surface area contributed by atoms with E-state index in [0.717, 1.165) is 18.4 Å². The molecule has 2 atom stereocenters. The van der Waals surface area contributed by atoms with Crippen LogP contribution in [0.3, 0.4) is 0 Å². The Hall–Kier alpha value is -1.84. The fourth-order valence-corrected chi connectivity index (χ4v) is 3.94. The largest absolute Gasteiger partial charge is 0.481 e. The van der Waals surface area contributed by atoms with Crippen molar-refractivity contribution in [3.63, 3.8) is 0 Å². The zero-order chi connectivity index (χ0) is 15.5. The van der Waals surface area contributed by atoms with Crippen molar-refractivity contribution in [2.24, 2.45) is 11.8 Å². The van der Waals surface area contributed by atoms with Gasteiger partial charge in [0, 0.05) is 13.0 Å². The Bertz CT molecular complexity index is 537. The van der Waals surface area contributed by atoms with Gasteiger partial charge in [-0.05, 0) is 24.3 Å². The Labute approximate surface area is 131 Å². The van der Waals surface area contributed by atoms with Gasteiger partial charge < -0.3 is 10.0 Å². The van der Waals surface area contributed by atoms with E-state index >= 15 is 0 Å². The third-order valence-corrected chi connectivity index (χ3v) is 5.07. The van der Waals surface area contributed by atoms with Gasteiger partial charge in [0.2, 0.25) is 5.91 Å². The second kappa shape index (κ2) is 6.51. The molecular weight excluding hydrogens is 278 g/mol. The van der Waals surface area contributed by atoms with Crippen LogP contribution in [0.4, 0.5) is 0 Å². The van der Waals surface area contributed by atoms with Gasteiger partial charge in [-0.2, -0.15) is 0 Å². The predicted molar refractivity (Wildman–Crippen MR) is 83.2 cm³/mol. The first kappa shape index (κ1) is 15.1. The van der Waals surface area contributed by atoms with Gasteiger partial charge in [0.05, 0.1) is 12.0 Å². The number of rotatable bonds is 4. The maximum Gasteiger partial charge on any atom is 0.309 e. The number of nitrogens with zero attached hydrogens (tertiary/aromatic N) is 1. The highest BCUT2D eigenvalue weighted by atomic mass is 16.4. The van der Waals surface area contributed by atoms with Gasteiger partial charge in [-0.3, -0.25) is 9.59 Å². The first-order valence-electron chi connectivity index (χ1n) is 8.24. The van der Waals surface area contributed by atoms with E-state index in [-0.39, 0.29) is 18.4 Å². The molecule has 0 unspecified atom stereocenters. The molecule has 1 amide bonds. The highest BCUT2D eigenvalue weighted by Crippen LogP contribution is 2.40. The molecule has 1 aromatic rings. The van der Waals surface area contributed by atoms with Gasteiger partial charge in [-0.1, -0.05) is 49.6 Å². The average Bonchev–Trinajstić information content (AvgIpc) is 2.86. The van der Waals surface area contributed by atoms with E-state index in [4.69, 9.17) is 0 Å². The third kappa shape index (κ3) is 3.01. The molecule has 1 aliphatic heterocycles. The van der Waals surface area contributed by atoms with Gasteiger partial charge in [0.1, 0.15) is 0 Å². The molecule has 1 aromatic carbocycles. The van der Waals surface area contributed by atoms with Crippen molar-refractivity contribution in [3.05, 3.63) is 35.9 Å². The van der Waals surface area contributed by atoms with Crippen LogP contribution in [0.5, 0.6) is 0 Å². The lowest BCUT2D eigenvalue weighted by molar-refractivity contribution is -0.142. The number of carboxylic acid groups (broad SMARTS) is 1. The fraction of sp³-hybridized carbons (Fsp3) is 0.556. The van der Waals surface area contributed by atoms with Crippen molar-refractivity contribution in [2.45, 2.75) is 44.6 Å². The Balaban J connectivity index is 1.84. The number of benzene rings is 1. The molecule has 1 heterocycles. The minimum Gasteiger partial charge on any atom is -0.481 e. The highest BCUT2D eigenvalue weighted by molar-refractivity contribution is 5.87. The monoisotopic (exact) mass is 301 g/mol. The number of hydrogen-bond donors (Lipinski definition) is 1. The first-order chi connectivity index (χ1) is 10.7. The van der Waals surface area contributed by atoms with Crippen LogP contribution < -0.4 is 0 Å². The van der Waals surface area contributed by atoms with Gasteiger partial charge in [-0.25, -0.2) is 0 Å². The summed E-state index contributed by atoms with van der Waals surface area (Å²) in [6.07, 6.45) is 6.17. The normalized spacial score (nSPS) is 26.4. The number of hydrogen-bond acceptors (Lipinski definition) is 2. The van der Waals surface area contributed by atoms with Crippen LogP contribution in [-0.2, 0) is 9.59 Å². The molecule has 3 rings (SSSR count). The van der Waals surface area contributed by atoms with Crippen LogP contribution in [0.15, 0.2) is 30.3 Å². The summed E-state index contributed by atoms with van der Waals surface area (Å²) in [7, 11) is 0. The number of likely N-dealkylation sites (tertiary alicyclic amines) is 1. The van der Waals surface area contributed by atoms with Gasteiger partial charge in [0.15, 0.2) is 0 Å². The fourth-order valence-electron chi connectivity index (χ4n) is 3.94. The zero-order valence-corrected chi connectivity index (χ0v) is 12.8. The summed E-state index contributed by atoms with van der Waals surface area (Å²) in [5.74, 6) is -0.977. The molecule has 22 heavy (non-hydrogen) atoms. The standard InChI is InChI=1S/C18H23NO3/c20-16-11-15(18(21)22)17(14-9-5-2-6-10-14)19(16)12-13-7-3-1-4-8-13/h2,5-6,9-10,13,15,17H,1,3-4,7-8,11-12H2,(H,21,22)/t15-,17-/m0/s1. The van der Waals surface area contributed by atoms with Crippen LogP contribution in [-0.4, -0.2) is 28.4 Å². The van der Waals surface area contributed by atoms with Crippen molar-refractivity contribution in [3.8, 4) is 0 Å². The van der Waals surface area contributed by atoms with Crippen molar-refractivity contribution >= 4 is 11.9 Å². The second-order valence-electron chi connectivity index (χ2n) is 6.55. The van der Waals surface area contributed by atoms with Crippen LogP contribution in [0.2, 0.25) is 0 Å². The van der Waals surface area contributed by atoms with Gasteiger partial charge in [0.25, 0.3) is 0 Å². The molecule has 1 saturated heterocycles. The number of carboxylic acids is 1. The van der Waals surface area contributed by atoms with Crippen LogP contribution >= 0.6 is 0 Å². The lowest BCUT2D eigenvalue weighted by Crippen LogP contribution is -2.35. The zero-order valence-electron chi connectivity index (χ0n) is 12.8. The van der Waals surface area contributed by atoms with Crippen molar-refractivity contribution in [2.75, 3.05) is 6.54 Å². The van der Waals surface area contributed by atoms with Crippen molar-refractivity contribution in [1.29, 1.82) is 0 Å². The third-order valence-electron chi connectivity index (χ3n) is 5.07.